The van der Waals surface area contributed by atoms with E-state index in [4.69, 9.17) is 21.1 Å². The molecule has 0 radical (unpaired) electrons. The summed E-state index contributed by atoms with van der Waals surface area (Å²) in [5.74, 6) is -0.284. The average Bonchev–Trinajstić information content (AvgIpc) is 2.79. The van der Waals surface area contributed by atoms with Gasteiger partial charge in [0.2, 0.25) is 11.8 Å². The Kier molecular flexibility index (Phi) is 12.2. The number of amides is 2. The Morgan fingerprint density at radius 1 is 1.21 bits per heavy atom. The summed E-state index contributed by atoms with van der Waals surface area (Å²) in [7, 11) is 1.44. The van der Waals surface area contributed by atoms with E-state index in [2.05, 4.69) is 10.2 Å². The van der Waals surface area contributed by atoms with Crippen molar-refractivity contribution >= 4 is 29.1 Å². The fraction of sp³-hybridized carbons (Fsp3) is 0.667. The van der Waals surface area contributed by atoms with E-state index in [9.17, 15) is 19.8 Å². The molecule has 9 nitrogen and oxygen atoms in total. The van der Waals surface area contributed by atoms with E-state index in [1.807, 2.05) is 19.1 Å². The maximum absolute atomic E-state index is 12.7. The normalized spacial score (nSPS) is 24.2. The minimum Gasteiger partial charge on any atom is -0.388 e. The van der Waals surface area contributed by atoms with Crippen molar-refractivity contribution in [3.05, 3.63) is 28.8 Å². The van der Waals surface area contributed by atoms with Crippen molar-refractivity contribution in [3.63, 3.8) is 0 Å². The van der Waals surface area contributed by atoms with Crippen molar-refractivity contribution in [1.82, 2.24) is 9.80 Å². The van der Waals surface area contributed by atoms with Gasteiger partial charge in [-0.1, -0.05) is 17.7 Å². The van der Waals surface area contributed by atoms with E-state index >= 15 is 0 Å². The van der Waals surface area contributed by atoms with Crippen LogP contribution in [0.3, 0.4) is 0 Å². The van der Waals surface area contributed by atoms with Gasteiger partial charge < -0.3 is 29.9 Å². The molecule has 1 aromatic carbocycles. The fourth-order valence-corrected chi connectivity index (χ4v) is 4.02. The smallest absolute Gasteiger partial charge is 0.238 e. The number of halogens is 1. The number of methoxy groups -OCH3 is 1. The number of ether oxygens (including phenoxy) is 2. The maximum atomic E-state index is 12.7. The number of hydrogen-bond donors (Lipinski definition) is 3. The molecule has 192 valence electrons. The zero-order valence-electron chi connectivity index (χ0n) is 20.3. The number of aliphatic hydroxyl groups is 2. The van der Waals surface area contributed by atoms with Crippen LogP contribution in [0.25, 0.3) is 0 Å². The third-order valence-corrected chi connectivity index (χ3v) is 6.36. The van der Waals surface area contributed by atoms with Crippen LogP contribution in [0.1, 0.15) is 31.7 Å². The van der Waals surface area contributed by atoms with E-state index in [1.165, 1.54) is 14.0 Å². The molecule has 3 atom stereocenters. The summed E-state index contributed by atoms with van der Waals surface area (Å²) >= 11 is 6.16. The molecular weight excluding hydrogens is 462 g/mol. The SMILES string of the molecule is CO[C@H]1CN(C(C)=O)CCCN(CC(=O)Nc2ccc(C)c(Cl)c2)CCCCOC[C@H](O)[C@@H]1O. The van der Waals surface area contributed by atoms with Crippen LogP contribution < -0.4 is 5.32 Å². The average molecular weight is 500 g/mol. The highest BCUT2D eigenvalue weighted by Crippen LogP contribution is 2.20. The summed E-state index contributed by atoms with van der Waals surface area (Å²) < 4.78 is 10.9. The Hall–Kier alpha value is -1.75. The first-order valence-corrected chi connectivity index (χ1v) is 12.1. The zero-order chi connectivity index (χ0) is 25.1. The minimum atomic E-state index is -1.17. The molecule has 0 bridgehead atoms. The van der Waals surface area contributed by atoms with Crippen LogP contribution in [0.2, 0.25) is 5.02 Å². The van der Waals surface area contributed by atoms with Crippen molar-refractivity contribution in [2.75, 3.05) is 58.4 Å². The van der Waals surface area contributed by atoms with Crippen LogP contribution >= 0.6 is 11.6 Å². The van der Waals surface area contributed by atoms with Gasteiger partial charge in [0.05, 0.1) is 13.2 Å². The lowest BCUT2D eigenvalue weighted by molar-refractivity contribution is -0.136. The van der Waals surface area contributed by atoms with Crippen molar-refractivity contribution in [1.29, 1.82) is 0 Å². The summed E-state index contributed by atoms with van der Waals surface area (Å²) in [4.78, 5) is 28.5. The first-order valence-electron chi connectivity index (χ1n) is 11.7. The number of aryl methyl sites for hydroxylation is 1. The number of carbonyl (C=O) groups is 2. The molecule has 1 saturated heterocycles. The number of rotatable bonds is 4. The predicted molar refractivity (Wildman–Crippen MR) is 131 cm³/mol. The second kappa shape index (κ2) is 14.6. The van der Waals surface area contributed by atoms with E-state index in [-0.39, 0.29) is 31.5 Å². The third kappa shape index (κ3) is 9.48. The molecule has 1 fully saturated rings. The zero-order valence-corrected chi connectivity index (χ0v) is 21.1. The van der Waals surface area contributed by atoms with E-state index < -0.39 is 18.3 Å². The van der Waals surface area contributed by atoms with E-state index in [1.54, 1.807) is 11.0 Å². The fourth-order valence-electron chi connectivity index (χ4n) is 3.84. The number of aliphatic hydroxyl groups excluding tert-OH is 2. The summed E-state index contributed by atoms with van der Waals surface area (Å²) in [6.07, 6.45) is -0.821. The Bertz CT molecular complexity index is 796. The molecule has 1 heterocycles. The van der Waals surface area contributed by atoms with Gasteiger partial charge in [0.1, 0.15) is 18.3 Å². The quantitative estimate of drug-likeness (QED) is 0.577. The highest BCUT2D eigenvalue weighted by Gasteiger charge is 2.29. The Labute approximate surface area is 207 Å². The second-order valence-electron chi connectivity index (χ2n) is 8.72. The summed E-state index contributed by atoms with van der Waals surface area (Å²) in [6.45, 7) is 5.90. The number of nitrogens with one attached hydrogen (secondary N) is 1. The van der Waals surface area contributed by atoms with E-state index in [0.717, 1.165) is 18.4 Å². The van der Waals surface area contributed by atoms with Gasteiger partial charge in [0.15, 0.2) is 0 Å². The molecule has 2 amide bonds. The largest absolute Gasteiger partial charge is 0.388 e. The number of benzene rings is 1. The molecule has 0 aromatic heterocycles. The first-order chi connectivity index (χ1) is 16.2. The van der Waals surface area contributed by atoms with Crippen LogP contribution in [0.15, 0.2) is 18.2 Å². The summed E-state index contributed by atoms with van der Waals surface area (Å²) in [6, 6.07) is 5.42. The molecule has 0 aliphatic carbocycles. The first kappa shape index (κ1) is 28.5. The summed E-state index contributed by atoms with van der Waals surface area (Å²) in [5, 5.41) is 24.2. The molecule has 1 aliphatic rings. The minimum absolute atomic E-state index is 0.0215. The standard InChI is InChI=1S/C24H38ClN3O6/c1-17-7-8-19(13-20(17)25)26-23(31)15-27-9-4-5-12-34-16-21(30)24(32)22(33-3)14-28(18(2)29)11-6-10-27/h7-8,13,21-22,24,30,32H,4-6,9-12,14-16H2,1-3H3,(H,26,31)/t21-,22-,24-/m0/s1. The van der Waals surface area contributed by atoms with Crippen molar-refractivity contribution in [2.24, 2.45) is 0 Å². The predicted octanol–water partition coefficient (Wildman–Crippen LogP) is 1.67. The maximum Gasteiger partial charge on any atom is 0.238 e. The molecule has 1 aromatic rings. The van der Waals surface area contributed by atoms with Gasteiger partial charge >= 0.3 is 0 Å². The second-order valence-corrected chi connectivity index (χ2v) is 9.13. The number of hydrogen-bond acceptors (Lipinski definition) is 7. The molecular formula is C24H38ClN3O6. The van der Waals surface area contributed by atoms with Crippen molar-refractivity contribution < 1.29 is 29.3 Å². The van der Waals surface area contributed by atoms with Crippen LogP contribution in [0.4, 0.5) is 5.69 Å². The van der Waals surface area contributed by atoms with Gasteiger partial charge in [-0.15, -0.1) is 0 Å². The van der Waals surface area contributed by atoms with Crippen LogP contribution in [-0.4, -0.2) is 103 Å². The van der Waals surface area contributed by atoms with E-state index in [0.29, 0.717) is 43.4 Å². The Balaban J connectivity index is 2.02. The Morgan fingerprint density at radius 3 is 2.62 bits per heavy atom. The van der Waals surface area contributed by atoms with Crippen LogP contribution in [0, 0.1) is 6.92 Å². The summed E-state index contributed by atoms with van der Waals surface area (Å²) in [5.41, 5.74) is 1.59. The van der Waals surface area contributed by atoms with Crippen molar-refractivity contribution in [3.8, 4) is 0 Å². The number of nitrogens with zero attached hydrogens (tertiary/aromatic N) is 2. The van der Waals surface area contributed by atoms with Gasteiger partial charge in [-0.3, -0.25) is 14.5 Å². The van der Waals surface area contributed by atoms with Crippen LogP contribution in [0.5, 0.6) is 0 Å². The molecule has 1 aliphatic heterocycles. The lowest BCUT2D eigenvalue weighted by atomic mass is 10.1. The molecule has 3 N–H and O–H groups in total. The Morgan fingerprint density at radius 2 is 1.94 bits per heavy atom. The highest BCUT2D eigenvalue weighted by molar-refractivity contribution is 6.31. The monoisotopic (exact) mass is 499 g/mol. The van der Waals surface area contributed by atoms with Gasteiger partial charge in [-0.25, -0.2) is 0 Å². The molecule has 0 unspecified atom stereocenters. The third-order valence-electron chi connectivity index (χ3n) is 5.95. The van der Waals surface area contributed by atoms with Crippen molar-refractivity contribution in [2.45, 2.75) is 51.4 Å². The van der Waals surface area contributed by atoms with Gasteiger partial charge in [0.25, 0.3) is 0 Å². The van der Waals surface area contributed by atoms with Gasteiger partial charge in [0, 0.05) is 51.0 Å². The molecule has 10 heteroatoms. The van der Waals surface area contributed by atoms with Gasteiger partial charge in [-0.05, 0) is 50.4 Å². The highest BCUT2D eigenvalue weighted by atomic mass is 35.5. The molecule has 2 rings (SSSR count). The molecule has 34 heavy (non-hydrogen) atoms. The molecule has 0 saturated carbocycles. The lowest BCUT2D eigenvalue weighted by Gasteiger charge is -2.31. The number of carbonyl (C=O) groups excluding carboxylic acids is 2. The van der Waals surface area contributed by atoms with Crippen LogP contribution in [-0.2, 0) is 19.1 Å². The van der Waals surface area contributed by atoms with Gasteiger partial charge in [-0.2, -0.15) is 0 Å². The lowest BCUT2D eigenvalue weighted by Crippen LogP contribution is -2.48. The topological polar surface area (TPSA) is 112 Å². The number of anilines is 1. The molecule has 0 spiro atoms.